The summed E-state index contributed by atoms with van der Waals surface area (Å²) in [5.41, 5.74) is 4.77. The van der Waals surface area contributed by atoms with Crippen molar-refractivity contribution in [2.45, 2.75) is 18.0 Å². The van der Waals surface area contributed by atoms with Crippen LogP contribution in [-0.4, -0.2) is 32.0 Å². The fourth-order valence-corrected chi connectivity index (χ4v) is 3.02. The molecule has 114 valence electrons. The van der Waals surface area contributed by atoms with Crippen molar-refractivity contribution in [3.63, 3.8) is 0 Å². The molecule has 1 rings (SSSR count). The number of rotatable bonds is 4. The molecule has 0 amide bonds. The van der Waals surface area contributed by atoms with Gasteiger partial charge >= 0.3 is 6.18 Å². The lowest BCUT2D eigenvalue weighted by Gasteiger charge is -2.22. The van der Waals surface area contributed by atoms with Gasteiger partial charge in [0.1, 0.15) is 11.4 Å². The van der Waals surface area contributed by atoms with E-state index in [2.05, 4.69) is 0 Å². The molecular weight excluding hydrogens is 307 g/mol. The molecule has 0 bridgehead atoms. The molecule has 20 heavy (non-hydrogen) atoms. The molecule has 0 saturated heterocycles. The molecule has 0 aromatic heterocycles. The van der Waals surface area contributed by atoms with Crippen LogP contribution in [0.25, 0.3) is 0 Å². The smallest absolute Gasteiger partial charge is 0.399 e. The van der Waals surface area contributed by atoms with E-state index in [0.717, 1.165) is 6.92 Å². The van der Waals surface area contributed by atoms with E-state index in [1.807, 2.05) is 0 Å². The van der Waals surface area contributed by atoms with Gasteiger partial charge in [-0.15, -0.1) is 0 Å². The van der Waals surface area contributed by atoms with Crippen LogP contribution in [0.2, 0.25) is 0 Å². The van der Waals surface area contributed by atoms with Gasteiger partial charge in [-0.2, -0.15) is 17.5 Å². The Balaban J connectivity index is 3.35. The third kappa shape index (κ3) is 3.57. The molecule has 0 heterocycles. The van der Waals surface area contributed by atoms with Gasteiger partial charge in [0.25, 0.3) is 0 Å². The summed E-state index contributed by atoms with van der Waals surface area (Å²) >= 11 is 0. The molecule has 1 aromatic rings. The molecule has 0 spiro atoms. The largest absolute Gasteiger partial charge is 0.402 e. The molecule has 0 saturated carbocycles. The summed E-state index contributed by atoms with van der Waals surface area (Å²) < 4.78 is 87.4. The number of hydrogen-bond acceptors (Lipinski definition) is 3. The number of nitrogens with zero attached hydrogens (tertiary/aromatic N) is 1. The van der Waals surface area contributed by atoms with Gasteiger partial charge in [-0.25, -0.2) is 17.2 Å². The molecular formula is C10H11F5N2O2S. The molecule has 10 heteroatoms. The molecule has 0 atom stereocenters. The Morgan fingerprint density at radius 1 is 1.25 bits per heavy atom. The third-order valence-electron chi connectivity index (χ3n) is 2.34. The lowest BCUT2D eigenvalue weighted by atomic mass is 10.3. The maximum Gasteiger partial charge on any atom is 0.402 e. The Kier molecular flexibility index (Phi) is 4.59. The van der Waals surface area contributed by atoms with E-state index in [1.165, 1.54) is 0 Å². The van der Waals surface area contributed by atoms with Crippen LogP contribution in [0.4, 0.5) is 27.6 Å². The Bertz CT molecular complexity index is 600. The third-order valence-corrected chi connectivity index (χ3v) is 4.26. The van der Waals surface area contributed by atoms with Crippen molar-refractivity contribution in [1.29, 1.82) is 0 Å². The lowest BCUT2D eigenvalue weighted by molar-refractivity contribution is -0.135. The second-order valence-corrected chi connectivity index (χ2v) is 5.77. The Morgan fingerprint density at radius 2 is 1.80 bits per heavy atom. The van der Waals surface area contributed by atoms with Crippen LogP contribution in [0.15, 0.2) is 17.0 Å². The summed E-state index contributed by atoms with van der Waals surface area (Å²) in [7, 11) is -4.84. The molecule has 0 aliphatic heterocycles. The van der Waals surface area contributed by atoms with Gasteiger partial charge in [0.05, 0.1) is 0 Å². The number of alkyl halides is 3. The van der Waals surface area contributed by atoms with Gasteiger partial charge in [0.2, 0.25) is 10.0 Å². The highest BCUT2D eigenvalue weighted by atomic mass is 32.2. The number of sulfonamides is 1. The number of hydrogen-bond donors (Lipinski definition) is 1. The van der Waals surface area contributed by atoms with Crippen LogP contribution in [0, 0.1) is 11.6 Å². The van der Waals surface area contributed by atoms with E-state index in [1.54, 1.807) is 0 Å². The zero-order chi connectivity index (χ0) is 15.7. The molecule has 0 unspecified atom stereocenters. The van der Waals surface area contributed by atoms with Crippen LogP contribution in [0.1, 0.15) is 6.92 Å². The molecule has 1 aromatic carbocycles. The number of benzene rings is 1. The average molecular weight is 318 g/mol. The van der Waals surface area contributed by atoms with Gasteiger partial charge in [-0.1, -0.05) is 6.92 Å². The highest BCUT2D eigenvalue weighted by Gasteiger charge is 2.37. The topological polar surface area (TPSA) is 63.4 Å². The predicted molar refractivity (Wildman–Crippen MR) is 61.3 cm³/mol. The minimum absolute atomic E-state index is 0.00963. The van der Waals surface area contributed by atoms with Gasteiger partial charge in [0, 0.05) is 12.2 Å². The number of nitrogens with two attached hydrogens (primary N) is 1. The number of halogens is 5. The van der Waals surface area contributed by atoms with Gasteiger partial charge in [0.15, 0.2) is 11.6 Å². The predicted octanol–water partition coefficient (Wildman–Crippen LogP) is 2.12. The summed E-state index contributed by atoms with van der Waals surface area (Å²) in [5.74, 6) is -3.31. The van der Waals surface area contributed by atoms with Crippen molar-refractivity contribution in [2.75, 3.05) is 18.8 Å². The van der Waals surface area contributed by atoms with Gasteiger partial charge in [-0.3, -0.25) is 0 Å². The van der Waals surface area contributed by atoms with Gasteiger partial charge < -0.3 is 5.73 Å². The van der Waals surface area contributed by atoms with Gasteiger partial charge in [-0.05, 0) is 12.1 Å². The SMILES string of the molecule is CCN(CC(F)(F)F)S(=O)(=O)c1cc(N)cc(F)c1F. The van der Waals surface area contributed by atoms with Crippen molar-refractivity contribution in [2.24, 2.45) is 0 Å². The highest BCUT2D eigenvalue weighted by Crippen LogP contribution is 2.26. The number of anilines is 1. The van der Waals surface area contributed by atoms with Crippen LogP contribution in [0.3, 0.4) is 0 Å². The van der Waals surface area contributed by atoms with E-state index in [9.17, 15) is 30.4 Å². The van der Waals surface area contributed by atoms with Crippen molar-refractivity contribution in [3.8, 4) is 0 Å². The maximum absolute atomic E-state index is 13.5. The maximum atomic E-state index is 13.5. The van der Waals surface area contributed by atoms with Crippen molar-refractivity contribution in [1.82, 2.24) is 4.31 Å². The summed E-state index contributed by atoms with van der Waals surface area (Å²) in [5, 5.41) is 0. The molecule has 0 fully saturated rings. The second kappa shape index (κ2) is 5.52. The normalized spacial score (nSPS) is 12.9. The molecule has 0 aliphatic rings. The zero-order valence-corrected chi connectivity index (χ0v) is 11.0. The van der Waals surface area contributed by atoms with Crippen LogP contribution >= 0.6 is 0 Å². The first-order valence-electron chi connectivity index (χ1n) is 5.30. The van der Waals surface area contributed by atoms with E-state index < -0.39 is 51.5 Å². The van der Waals surface area contributed by atoms with Crippen LogP contribution in [0.5, 0.6) is 0 Å². The van der Waals surface area contributed by atoms with Crippen molar-refractivity contribution < 1.29 is 30.4 Å². The summed E-state index contributed by atoms with van der Waals surface area (Å²) in [6, 6.07) is 1.11. The standard InChI is InChI=1S/C10H11F5N2O2S/c1-2-17(5-10(13,14)15)20(18,19)8-4-6(16)3-7(11)9(8)12/h3-4H,2,5,16H2,1H3. The first kappa shape index (κ1) is 16.6. The van der Waals surface area contributed by atoms with E-state index in [0.29, 0.717) is 12.1 Å². The molecule has 0 radical (unpaired) electrons. The first-order valence-corrected chi connectivity index (χ1v) is 6.74. The minimum Gasteiger partial charge on any atom is -0.399 e. The zero-order valence-electron chi connectivity index (χ0n) is 10.2. The monoisotopic (exact) mass is 318 g/mol. The van der Waals surface area contributed by atoms with Crippen molar-refractivity contribution in [3.05, 3.63) is 23.8 Å². The summed E-state index contributed by atoms with van der Waals surface area (Å²) in [4.78, 5) is -1.22. The summed E-state index contributed by atoms with van der Waals surface area (Å²) in [6.45, 7) is -1.22. The summed E-state index contributed by atoms with van der Waals surface area (Å²) in [6.07, 6.45) is -4.81. The van der Waals surface area contributed by atoms with E-state index >= 15 is 0 Å². The second-order valence-electron chi connectivity index (χ2n) is 3.86. The Hall–Kier alpha value is -1.42. The van der Waals surface area contributed by atoms with Crippen molar-refractivity contribution >= 4 is 15.7 Å². The first-order chi connectivity index (χ1) is 8.99. The van der Waals surface area contributed by atoms with E-state index in [4.69, 9.17) is 5.73 Å². The minimum atomic E-state index is -4.84. The molecule has 2 N–H and O–H groups in total. The fourth-order valence-electron chi connectivity index (χ4n) is 1.48. The number of nitrogen functional groups attached to an aromatic ring is 1. The van der Waals surface area contributed by atoms with E-state index in [-0.39, 0.29) is 4.31 Å². The highest BCUT2D eigenvalue weighted by molar-refractivity contribution is 7.89. The molecule has 0 aliphatic carbocycles. The quantitative estimate of drug-likeness (QED) is 0.683. The Morgan fingerprint density at radius 3 is 2.25 bits per heavy atom. The fraction of sp³-hybridized carbons (Fsp3) is 0.400. The van der Waals surface area contributed by atoms with Crippen LogP contribution < -0.4 is 5.73 Å². The molecule has 4 nitrogen and oxygen atoms in total. The average Bonchev–Trinajstić information content (AvgIpc) is 2.29. The lowest BCUT2D eigenvalue weighted by Crippen LogP contribution is -2.39. The van der Waals surface area contributed by atoms with Crippen LogP contribution in [-0.2, 0) is 10.0 Å². The Labute approximate surface area is 112 Å².